The first kappa shape index (κ1) is 10.5. The molecule has 0 saturated carbocycles. The molecule has 0 radical (unpaired) electrons. The summed E-state index contributed by atoms with van der Waals surface area (Å²) in [6, 6.07) is 9.97. The third-order valence-electron chi connectivity index (χ3n) is 3.46. The highest BCUT2D eigenvalue weighted by atomic mass is 16.2. The van der Waals surface area contributed by atoms with Crippen LogP contribution in [0.3, 0.4) is 0 Å². The second-order valence-corrected chi connectivity index (χ2v) is 4.54. The van der Waals surface area contributed by atoms with Gasteiger partial charge in [-0.1, -0.05) is 18.2 Å². The minimum Gasteiger partial charge on any atom is -0.313 e. The zero-order chi connectivity index (χ0) is 11.7. The molecule has 0 unspecified atom stereocenters. The molecule has 3 heteroatoms. The molecule has 1 amide bonds. The second-order valence-electron chi connectivity index (χ2n) is 4.54. The quantitative estimate of drug-likeness (QED) is 0.798. The highest BCUT2D eigenvalue weighted by molar-refractivity contribution is 5.98. The van der Waals surface area contributed by atoms with E-state index in [1.165, 1.54) is 11.3 Å². The molecule has 1 aromatic rings. The fraction of sp³-hybridized carbons (Fsp3) is 0.357. The van der Waals surface area contributed by atoms with E-state index < -0.39 is 0 Å². The van der Waals surface area contributed by atoms with E-state index in [0.717, 1.165) is 31.6 Å². The number of hydrogen-bond donors (Lipinski definition) is 1. The summed E-state index contributed by atoms with van der Waals surface area (Å²) in [6.45, 7) is 1.90. The van der Waals surface area contributed by atoms with Gasteiger partial charge in [0.25, 0.3) is 0 Å². The zero-order valence-electron chi connectivity index (χ0n) is 9.78. The Balaban J connectivity index is 2.03. The summed E-state index contributed by atoms with van der Waals surface area (Å²) in [7, 11) is 0. The van der Waals surface area contributed by atoms with Crippen molar-refractivity contribution in [2.24, 2.45) is 0 Å². The first-order valence-electron chi connectivity index (χ1n) is 6.16. The maximum absolute atomic E-state index is 12.1. The van der Waals surface area contributed by atoms with Gasteiger partial charge >= 0.3 is 0 Å². The third-order valence-corrected chi connectivity index (χ3v) is 3.46. The van der Waals surface area contributed by atoms with Gasteiger partial charge in [0.1, 0.15) is 0 Å². The predicted molar refractivity (Wildman–Crippen MR) is 67.7 cm³/mol. The Labute approximate surface area is 101 Å². The summed E-state index contributed by atoms with van der Waals surface area (Å²) in [5.41, 5.74) is 3.64. The minimum atomic E-state index is 0.233. The molecule has 2 heterocycles. The number of anilines is 1. The van der Waals surface area contributed by atoms with E-state index in [-0.39, 0.29) is 5.91 Å². The lowest BCUT2D eigenvalue weighted by Gasteiger charge is -2.35. The lowest BCUT2D eigenvalue weighted by atomic mass is 9.96. The molecule has 0 saturated heterocycles. The molecule has 88 valence electrons. The summed E-state index contributed by atoms with van der Waals surface area (Å²) < 4.78 is 0. The van der Waals surface area contributed by atoms with Crippen LogP contribution in [0.4, 0.5) is 5.69 Å². The molecule has 0 atom stereocenters. The molecule has 2 aliphatic heterocycles. The summed E-state index contributed by atoms with van der Waals surface area (Å²) >= 11 is 0. The van der Waals surface area contributed by atoms with Gasteiger partial charge in [-0.15, -0.1) is 0 Å². The number of para-hydroxylation sites is 1. The van der Waals surface area contributed by atoms with E-state index in [9.17, 15) is 4.79 Å². The number of amides is 1. The number of benzene rings is 1. The smallest absolute Gasteiger partial charge is 0.231 e. The number of carbonyl (C=O) groups excluding carboxylic acids is 1. The molecule has 0 aliphatic carbocycles. The molecule has 17 heavy (non-hydrogen) atoms. The van der Waals surface area contributed by atoms with Crippen molar-refractivity contribution in [1.82, 2.24) is 5.32 Å². The highest BCUT2D eigenvalue weighted by Gasteiger charge is 2.28. The summed E-state index contributed by atoms with van der Waals surface area (Å²) in [4.78, 5) is 14.0. The van der Waals surface area contributed by atoms with E-state index in [0.29, 0.717) is 6.42 Å². The van der Waals surface area contributed by atoms with E-state index in [1.54, 1.807) is 0 Å². The number of carbonyl (C=O) groups is 1. The largest absolute Gasteiger partial charge is 0.313 e. The van der Waals surface area contributed by atoms with Crippen molar-refractivity contribution in [3.05, 3.63) is 41.6 Å². The Kier molecular flexibility index (Phi) is 2.69. The first-order chi connectivity index (χ1) is 8.36. The maximum Gasteiger partial charge on any atom is 0.231 e. The van der Waals surface area contributed by atoms with Crippen LogP contribution in [0.1, 0.15) is 19.3 Å². The molecular weight excluding hydrogens is 212 g/mol. The number of rotatable bonds is 1. The number of hydrogen-bond acceptors (Lipinski definition) is 2. The van der Waals surface area contributed by atoms with Crippen LogP contribution < -0.4 is 10.2 Å². The van der Waals surface area contributed by atoms with Gasteiger partial charge in [-0.05, 0) is 24.1 Å². The highest BCUT2D eigenvalue weighted by Crippen LogP contribution is 2.31. The van der Waals surface area contributed by atoms with Gasteiger partial charge in [0, 0.05) is 37.3 Å². The van der Waals surface area contributed by atoms with Gasteiger partial charge in [-0.25, -0.2) is 0 Å². The van der Waals surface area contributed by atoms with Crippen molar-refractivity contribution in [3.8, 4) is 0 Å². The molecular formula is C14H16N2O. The van der Waals surface area contributed by atoms with Crippen molar-refractivity contribution in [2.75, 3.05) is 18.0 Å². The molecule has 0 aromatic heterocycles. The maximum atomic E-state index is 12.1. The monoisotopic (exact) mass is 228 g/mol. The average molecular weight is 228 g/mol. The van der Waals surface area contributed by atoms with E-state index in [1.807, 2.05) is 35.2 Å². The Morgan fingerprint density at radius 2 is 1.88 bits per heavy atom. The Morgan fingerprint density at radius 1 is 1.06 bits per heavy atom. The standard InChI is InChI=1S/C14H16N2O/c17-14-7-6-11-10-15-9-8-13(11)16(14)12-4-2-1-3-5-12/h1-5,15H,6-10H2. The fourth-order valence-electron chi connectivity index (χ4n) is 2.62. The van der Waals surface area contributed by atoms with Crippen molar-refractivity contribution in [1.29, 1.82) is 0 Å². The van der Waals surface area contributed by atoms with E-state index >= 15 is 0 Å². The molecule has 0 spiro atoms. The van der Waals surface area contributed by atoms with Crippen LogP contribution in [-0.4, -0.2) is 19.0 Å². The van der Waals surface area contributed by atoms with Crippen molar-refractivity contribution in [2.45, 2.75) is 19.3 Å². The zero-order valence-corrected chi connectivity index (χ0v) is 9.78. The normalized spacial score (nSPS) is 20.5. The molecule has 0 fully saturated rings. The van der Waals surface area contributed by atoms with Gasteiger partial charge in [0.05, 0.1) is 0 Å². The van der Waals surface area contributed by atoms with Gasteiger partial charge in [0.2, 0.25) is 5.91 Å². The van der Waals surface area contributed by atoms with Crippen LogP contribution in [0.25, 0.3) is 0 Å². The fourth-order valence-corrected chi connectivity index (χ4v) is 2.62. The molecule has 3 rings (SSSR count). The second kappa shape index (κ2) is 4.34. The van der Waals surface area contributed by atoms with Gasteiger partial charge in [-0.2, -0.15) is 0 Å². The van der Waals surface area contributed by atoms with Gasteiger partial charge in [0.15, 0.2) is 0 Å². The Morgan fingerprint density at radius 3 is 2.71 bits per heavy atom. The Bertz CT molecular complexity index is 464. The average Bonchev–Trinajstić information content (AvgIpc) is 2.39. The lowest BCUT2D eigenvalue weighted by molar-refractivity contribution is -0.118. The van der Waals surface area contributed by atoms with Crippen LogP contribution in [0, 0.1) is 0 Å². The molecule has 1 N–H and O–H groups in total. The van der Waals surface area contributed by atoms with Crippen LogP contribution in [-0.2, 0) is 4.79 Å². The molecule has 1 aromatic carbocycles. The summed E-state index contributed by atoms with van der Waals surface area (Å²) in [5.74, 6) is 0.233. The van der Waals surface area contributed by atoms with Crippen molar-refractivity contribution < 1.29 is 4.79 Å². The number of nitrogens with zero attached hydrogens (tertiary/aromatic N) is 1. The topological polar surface area (TPSA) is 32.3 Å². The first-order valence-corrected chi connectivity index (χ1v) is 6.16. The minimum absolute atomic E-state index is 0.233. The SMILES string of the molecule is O=C1CCC2=C(CCNC2)N1c1ccccc1. The van der Waals surface area contributed by atoms with Gasteiger partial charge in [-0.3, -0.25) is 9.69 Å². The number of nitrogens with one attached hydrogen (secondary N) is 1. The van der Waals surface area contributed by atoms with Crippen LogP contribution >= 0.6 is 0 Å². The van der Waals surface area contributed by atoms with Crippen LogP contribution in [0.2, 0.25) is 0 Å². The summed E-state index contributed by atoms with van der Waals surface area (Å²) in [6.07, 6.45) is 2.51. The summed E-state index contributed by atoms with van der Waals surface area (Å²) in [5, 5.41) is 3.37. The lowest BCUT2D eigenvalue weighted by Crippen LogP contribution is -2.40. The predicted octanol–water partition coefficient (Wildman–Crippen LogP) is 2.06. The molecule has 3 nitrogen and oxygen atoms in total. The van der Waals surface area contributed by atoms with Crippen molar-refractivity contribution >= 4 is 11.6 Å². The Hall–Kier alpha value is -1.61. The molecule has 0 bridgehead atoms. The third kappa shape index (κ3) is 1.87. The van der Waals surface area contributed by atoms with Crippen molar-refractivity contribution in [3.63, 3.8) is 0 Å². The van der Waals surface area contributed by atoms with Crippen LogP contribution in [0.5, 0.6) is 0 Å². The molecule has 2 aliphatic rings. The van der Waals surface area contributed by atoms with Gasteiger partial charge < -0.3 is 5.32 Å². The van der Waals surface area contributed by atoms with Crippen LogP contribution in [0.15, 0.2) is 41.6 Å². The van der Waals surface area contributed by atoms with E-state index in [2.05, 4.69) is 5.32 Å². The van der Waals surface area contributed by atoms with E-state index in [4.69, 9.17) is 0 Å².